The van der Waals surface area contributed by atoms with Crippen LogP contribution in [0.2, 0.25) is 0 Å². The lowest BCUT2D eigenvalue weighted by molar-refractivity contribution is 0.168. The molecule has 0 saturated heterocycles. The van der Waals surface area contributed by atoms with Gasteiger partial charge in [-0.2, -0.15) is 0 Å². The number of fused-ring (bicyclic) bond motifs is 1. The van der Waals surface area contributed by atoms with Crippen molar-refractivity contribution in [3.63, 3.8) is 0 Å². The Kier molecular flexibility index (Phi) is 3.40. The molecule has 0 aliphatic heterocycles. The second-order valence-electron chi connectivity index (χ2n) is 3.99. The molecule has 0 aliphatic rings. The molecule has 96 valence electrons. The third-order valence-electron chi connectivity index (χ3n) is 2.41. The maximum atomic E-state index is 11.4. The molecular formula is C11H15N5O2. The van der Waals surface area contributed by atoms with E-state index in [-0.39, 0.29) is 6.04 Å². The second-order valence-corrected chi connectivity index (χ2v) is 3.99. The second kappa shape index (κ2) is 4.99. The van der Waals surface area contributed by atoms with Crippen LogP contribution in [0.3, 0.4) is 0 Å². The van der Waals surface area contributed by atoms with Gasteiger partial charge in [0, 0.05) is 6.04 Å². The molecule has 2 heterocycles. The smallest absolute Gasteiger partial charge is 0.412 e. The van der Waals surface area contributed by atoms with Crippen molar-refractivity contribution in [3.8, 4) is 0 Å². The minimum atomic E-state index is -0.545. The molecule has 0 aromatic carbocycles. The van der Waals surface area contributed by atoms with E-state index in [1.54, 1.807) is 13.3 Å². The van der Waals surface area contributed by atoms with Gasteiger partial charge >= 0.3 is 6.09 Å². The van der Waals surface area contributed by atoms with Crippen LogP contribution in [0.15, 0.2) is 12.7 Å². The van der Waals surface area contributed by atoms with Gasteiger partial charge in [-0.15, -0.1) is 0 Å². The van der Waals surface area contributed by atoms with Gasteiger partial charge in [-0.25, -0.2) is 19.7 Å². The van der Waals surface area contributed by atoms with Gasteiger partial charge in [-0.05, 0) is 20.8 Å². The lowest BCUT2D eigenvalue weighted by Crippen LogP contribution is -2.14. The first-order valence-electron chi connectivity index (χ1n) is 5.74. The summed E-state index contributed by atoms with van der Waals surface area (Å²) in [5, 5.41) is 2.55. The summed E-state index contributed by atoms with van der Waals surface area (Å²) >= 11 is 0. The summed E-state index contributed by atoms with van der Waals surface area (Å²) in [7, 11) is 0. The van der Waals surface area contributed by atoms with E-state index < -0.39 is 6.09 Å². The predicted octanol–water partition coefficient (Wildman–Crippen LogP) is 1.98. The molecule has 18 heavy (non-hydrogen) atoms. The molecule has 0 aliphatic carbocycles. The van der Waals surface area contributed by atoms with Gasteiger partial charge in [0.25, 0.3) is 0 Å². The molecule has 2 rings (SSSR count). The molecule has 7 nitrogen and oxygen atoms in total. The average Bonchev–Trinajstić information content (AvgIpc) is 2.74. The number of imidazole rings is 1. The van der Waals surface area contributed by atoms with E-state index in [9.17, 15) is 4.79 Å². The Morgan fingerprint density at radius 3 is 2.89 bits per heavy atom. The summed E-state index contributed by atoms with van der Waals surface area (Å²) in [6, 6.07) is 0.236. The van der Waals surface area contributed by atoms with E-state index in [2.05, 4.69) is 20.3 Å². The summed E-state index contributed by atoms with van der Waals surface area (Å²) < 4.78 is 6.71. The molecule has 0 spiro atoms. The molecular weight excluding hydrogens is 234 g/mol. The third kappa shape index (κ3) is 2.24. The van der Waals surface area contributed by atoms with Crippen molar-refractivity contribution in [1.82, 2.24) is 19.5 Å². The molecule has 0 bridgehead atoms. The number of ether oxygens (including phenoxy) is 1. The van der Waals surface area contributed by atoms with Gasteiger partial charge in [-0.3, -0.25) is 5.32 Å². The summed E-state index contributed by atoms with van der Waals surface area (Å²) in [5.74, 6) is 0.359. The molecule has 0 unspecified atom stereocenters. The van der Waals surface area contributed by atoms with Gasteiger partial charge in [0.05, 0.1) is 12.9 Å². The maximum Gasteiger partial charge on any atom is 0.412 e. The van der Waals surface area contributed by atoms with Gasteiger partial charge in [-0.1, -0.05) is 0 Å². The fourth-order valence-electron chi connectivity index (χ4n) is 1.59. The van der Waals surface area contributed by atoms with E-state index in [0.717, 1.165) is 0 Å². The molecule has 0 saturated carbocycles. The molecule has 7 heteroatoms. The van der Waals surface area contributed by atoms with Gasteiger partial charge in [0.1, 0.15) is 6.33 Å². The summed E-state index contributed by atoms with van der Waals surface area (Å²) in [6.07, 6.45) is 2.53. The van der Waals surface area contributed by atoms with Crippen molar-refractivity contribution in [2.45, 2.75) is 26.8 Å². The van der Waals surface area contributed by atoms with Crippen molar-refractivity contribution in [2.75, 3.05) is 11.9 Å². The normalized spacial score (nSPS) is 10.9. The van der Waals surface area contributed by atoms with Crippen molar-refractivity contribution in [1.29, 1.82) is 0 Å². The van der Waals surface area contributed by atoms with Crippen LogP contribution in [0.4, 0.5) is 10.6 Å². The number of hydrogen-bond acceptors (Lipinski definition) is 5. The van der Waals surface area contributed by atoms with Crippen LogP contribution in [0.5, 0.6) is 0 Å². The van der Waals surface area contributed by atoms with E-state index in [1.165, 1.54) is 6.33 Å². The Labute approximate surface area is 104 Å². The summed E-state index contributed by atoms with van der Waals surface area (Å²) in [6.45, 7) is 6.10. The van der Waals surface area contributed by atoms with Crippen LogP contribution in [-0.4, -0.2) is 32.2 Å². The maximum absolute atomic E-state index is 11.4. The zero-order valence-electron chi connectivity index (χ0n) is 10.5. The van der Waals surface area contributed by atoms with E-state index >= 15 is 0 Å². The fraction of sp³-hybridized carbons (Fsp3) is 0.455. The van der Waals surface area contributed by atoms with Crippen molar-refractivity contribution in [2.24, 2.45) is 0 Å². The first-order valence-corrected chi connectivity index (χ1v) is 5.74. The number of hydrogen-bond donors (Lipinski definition) is 1. The minimum absolute atomic E-state index is 0.236. The predicted molar refractivity (Wildman–Crippen MR) is 66.4 cm³/mol. The minimum Gasteiger partial charge on any atom is -0.450 e. The number of aromatic nitrogens is 4. The van der Waals surface area contributed by atoms with E-state index in [1.807, 2.05) is 18.4 Å². The van der Waals surface area contributed by atoms with Crippen molar-refractivity contribution < 1.29 is 9.53 Å². The highest BCUT2D eigenvalue weighted by Crippen LogP contribution is 2.20. The Hall–Kier alpha value is -2.18. The summed E-state index contributed by atoms with van der Waals surface area (Å²) in [5.41, 5.74) is 1.24. The van der Waals surface area contributed by atoms with Crippen LogP contribution in [0.25, 0.3) is 11.2 Å². The van der Waals surface area contributed by atoms with Crippen LogP contribution in [0, 0.1) is 0 Å². The number of nitrogens with one attached hydrogen (secondary N) is 1. The molecule has 2 aromatic rings. The number of nitrogens with zero attached hydrogens (tertiary/aromatic N) is 4. The van der Waals surface area contributed by atoms with Gasteiger partial charge in [0.15, 0.2) is 17.0 Å². The fourth-order valence-corrected chi connectivity index (χ4v) is 1.59. The number of carbonyl (C=O) groups is 1. The summed E-state index contributed by atoms with van der Waals surface area (Å²) in [4.78, 5) is 23.8. The Morgan fingerprint density at radius 2 is 2.22 bits per heavy atom. The molecule has 2 aromatic heterocycles. The zero-order valence-corrected chi connectivity index (χ0v) is 10.5. The highest BCUT2D eigenvalue weighted by Gasteiger charge is 2.13. The lowest BCUT2D eigenvalue weighted by Gasteiger charge is -2.07. The highest BCUT2D eigenvalue weighted by molar-refractivity contribution is 5.93. The van der Waals surface area contributed by atoms with Crippen molar-refractivity contribution >= 4 is 23.1 Å². The quantitative estimate of drug-likeness (QED) is 0.899. The first kappa shape index (κ1) is 12.3. The van der Waals surface area contributed by atoms with E-state index in [0.29, 0.717) is 23.6 Å². The van der Waals surface area contributed by atoms with Crippen LogP contribution in [-0.2, 0) is 4.74 Å². The molecule has 1 N–H and O–H groups in total. The lowest BCUT2D eigenvalue weighted by atomic mass is 10.4. The molecule has 0 radical (unpaired) electrons. The Bertz CT molecular complexity index is 564. The monoisotopic (exact) mass is 249 g/mol. The number of carbonyl (C=O) groups excluding carboxylic acids is 1. The van der Waals surface area contributed by atoms with Crippen molar-refractivity contribution in [3.05, 3.63) is 12.7 Å². The SMILES string of the molecule is CCOC(=O)Nc1ncnc2c1ncn2C(C)C. The largest absolute Gasteiger partial charge is 0.450 e. The Morgan fingerprint density at radius 1 is 1.44 bits per heavy atom. The third-order valence-corrected chi connectivity index (χ3v) is 2.41. The van der Waals surface area contributed by atoms with Gasteiger partial charge in [0.2, 0.25) is 0 Å². The van der Waals surface area contributed by atoms with Gasteiger partial charge < -0.3 is 9.30 Å². The molecule has 1 amide bonds. The molecule has 0 atom stereocenters. The number of amides is 1. The molecule has 0 fully saturated rings. The number of anilines is 1. The number of rotatable bonds is 3. The standard InChI is InChI=1S/C11H15N5O2/c1-4-18-11(17)15-9-8-10(13-5-12-9)16(6-14-8)7(2)3/h5-7H,4H2,1-3H3,(H,12,13,15,17). The zero-order chi connectivity index (χ0) is 13.1. The van der Waals surface area contributed by atoms with Crippen LogP contribution in [0.1, 0.15) is 26.8 Å². The van der Waals surface area contributed by atoms with Crippen LogP contribution >= 0.6 is 0 Å². The Balaban J connectivity index is 2.37. The first-order chi connectivity index (χ1) is 8.63. The topological polar surface area (TPSA) is 81.9 Å². The van der Waals surface area contributed by atoms with E-state index in [4.69, 9.17) is 4.74 Å². The highest BCUT2D eigenvalue weighted by atomic mass is 16.5. The average molecular weight is 249 g/mol. The van der Waals surface area contributed by atoms with Crippen LogP contribution < -0.4 is 5.32 Å².